The molecule has 1 aromatic heterocycles. The minimum atomic E-state index is 0. The molecule has 393 valence electrons. The Morgan fingerprint density at radius 1 is 0.600 bits per heavy atom. The average Bonchev–Trinajstić information content (AvgIpc) is 3.43. The van der Waals surface area contributed by atoms with Gasteiger partial charge in [0.2, 0.25) is 5.91 Å². The third kappa shape index (κ3) is 36.6. The van der Waals surface area contributed by atoms with Gasteiger partial charge < -0.3 is 35.2 Å². The molecule has 3 aliphatic heterocycles. The van der Waals surface area contributed by atoms with Crippen LogP contribution in [0.4, 0.5) is 0 Å². The van der Waals surface area contributed by atoms with Gasteiger partial charge in [0, 0.05) is 197 Å². The van der Waals surface area contributed by atoms with Gasteiger partial charge in [0.1, 0.15) is 5.82 Å². The zero-order valence-corrected chi connectivity index (χ0v) is 80.3. The van der Waals surface area contributed by atoms with Crippen LogP contribution >= 0.6 is 0 Å². The van der Waals surface area contributed by atoms with Gasteiger partial charge in [0.25, 0.3) is 0 Å². The zero-order valence-electron chi connectivity index (χ0n) is 48.2. The van der Waals surface area contributed by atoms with Crippen LogP contribution < -0.4 is 175 Å². The standard InChI is InChI=1S/C18H21N4O.C16H21N2O.C16H21N2.3C2H6.3Rb.3W.3Y/c1-13-6-7-16-15(10-13)18(23)21(9-5-4-8-19-3)12-17-20-11-14(2)22(16)17;1-13-5-6-14-7-8-16(19)18(12-15(14)11-13)10-4-3-9-17-2;1-14-7-8-15-6-5-11-18(13-16(15)12-14)10-4-3-9-17-2;3*1-2;;;;;;;;;/h6-7,9-11H,1,4-5,8,12H2,2-3H3;5-6,10-11H,1,3-4,7-9,12H2,2H3;5-8,10,12H,1,3-4,9,11,13H2,2H3;3*1-2H3;;;;;;;;;/q3*-3;;;;3*+1;;;;;;. The van der Waals surface area contributed by atoms with Crippen LogP contribution in [-0.2, 0) is 192 Å². The molecule has 3 radical (unpaired) electrons. The SMILES string of the molecule is CC.CC.CC.[CH2-]c1ccc2c(c1)C(=O)N([CH-]CCC[N-]C)Cc1ncc(C)n1-2.[CH2-]c1ccc2c(c1)CN([CH-]CCC[N-]C)C(=O)CC2.[CH2-]c1ccc2c(c1)CN([CH-]CCC[N-]C)CC=C2.[Rb+].[Rb+].[Rb+].[W].[W].[W].[Y].[Y].[Y]. The molecule has 0 saturated heterocycles. The van der Waals surface area contributed by atoms with Gasteiger partial charge >= 0.3 is 175 Å². The summed E-state index contributed by atoms with van der Waals surface area (Å²) in [5, 5.41) is 12.3. The number of carbonyl (C=O) groups is 2. The number of amides is 2. The fourth-order valence-corrected chi connectivity index (χ4v) is 7.51. The third-order valence-electron chi connectivity index (χ3n) is 10.7. The first-order chi connectivity index (χ1) is 32.1. The Labute approximate surface area is 723 Å². The van der Waals surface area contributed by atoms with E-state index in [1.54, 1.807) is 4.90 Å². The molecule has 75 heavy (non-hydrogen) atoms. The molecule has 2 amide bonds. The minimum Gasteiger partial charge on any atom is -0.665 e. The van der Waals surface area contributed by atoms with Crippen molar-refractivity contribution in [3.8, 4) is 5.69 Å². The Balaban J connectivity index is -0.000000135. The molecule has 0 bridgehead atoms. The van der Waals surface area contributed by atoms with Crippen LogP contribution in [0.3, 0.4) is 0 Å². The number of fused-ring (bicyclic) bond motifs is 5. The molecule has 0 saturated carbocycles. The fourth-order valence-electron chi connectivity index (χ4n) is 7.51. The Bertz CT molecular complexity index is 2070. The summed E-state index contributed by atoms with van der Waals surface area (Å²) >= 11 is 0. The van der Waals surface area contributed by atoms with Crippen molar-refractivity contribution in [3.63, 3.8) is 0 Å². The van der Waals surface area contributed by atoms with Crippen LogP contribution in [0.1, 0.15) is 147 Å². The summed E-state index contributed by atoms with van der Waals surface area (Å²) in [4.78, 5) is 35.5. The second-order valence-corrected chi connectivity index (χ2v) is 15.5. The fraction of sp³-hybridized carbons (Fsp3) is 0.446. The van der Waals surface area contributed by atoms with Gasteiger partial charge in [0.15, 0.2) is 5.91 Å². The van der Waals surface area contributed by atoms with Gasteiger partial charge in [-0.3, -0.25) is 16.1 Å². The summed E-state index contributed by atoms with van der Waals surface area (Å²) in [6.07, 6.45) is 13.6. The average molecular weight is 1970 g/mol. The van der Waals surface area contributed by atoms with Crippen LogP contribution in [0.2, 0.25) is 0 Å². The molecule has 4 heterocycles. The number of hydrogen-bond acceptors (Lipinski definition) is 4. The minimum absolute atomic E-state index is 0. The molecule has 0 fully saturated rings. The van der Waals surface area contributed by atoms with E-state index in [0.717, 1.165) is 112 Å². The molecular weight excluding hydrogens is 1890 g/mol. The van der Waals surface area contributed by atoms with Crippen molar-refractivity contribution >= 4 is 17.9 Å². The number of imidazole rings is 1. The van der Waals surface area contributed by atoms with Crippen LogP contribution in [0, 0.1) is 47.3 Å². The molecule has 0 unspecified atom stereocenters. The van der Waals surface area contributed by atoms with Crippen molar-refractivity contribution in [2.75, 3.05) is 47.3 Å². The van der Waals surface area contributed by atoms with Crippen LogP contribution in [-0.4, -0.2) is 83.4 Å². The Hall–Kier alpha value is 5.79. The quantitative estimate of drug-likeness (QED) is 0.132. The molecule has 0 aliphatic carbocycles. The van der Waals surface area contributed by atoms with E-state index < -0.39 is 0 Å². The number of nitrogens with zero attached hydrogens (tertiary/aromatic N) is 8. The van der Waals surface area contributed by atoms with Gasteiger partial charge in [-0.1, -0.05) is 95.7 Å². The summed E-state index contributed by atoms with van der Waals surface area (Å²) in [5.74, 6) is 1.10. The number of hydrogen-bond donors (Lipinski definition) is 0. The van der Waals surface area contributed by atoms with Gasteiger partial charge in [0.05, 0.1) is 6.54 Å². The number of aryl methyl sites for hydroxylation is 2. The molecular formula is C56H81N8O2Rb3W3Y3-6. The molecule has 10 nitrogen and oxygen atoms in total. The van der Waals surface area contributed by atoms with E-state index in [4.69, 9.17) is 0 Å². The maximum absolute atomic E-state index is 12.9. The van der Waals surface area contributed by atoms with E-state index >= 15 is 0 Å². The number of benzene rings is 3. The van der Waals surface area contributed by atoms with Crippen molar-refractivity contribution < 1.29 is 345 Å². The van der Waals surface area contributed by atoms with Crippen LogP contribution in [0.25, 0.3) is 27.7 Å². The van der Waals surface area contributed by atoms with E-state index in [1.807, 2.05) is 118 Å². The van der Waals surface area contributed by atoms with E-state index in [-0.39, 0.29) is 348 Å². The first kappa shape index (κ1) is 97.1. The Morgan fingerprint density at radius 2 is 1.09 bits per heavy atom. The zero-order chi connectivity index (χ0) is 48.9. The van der Waals surface area contributed by atoms with E-state index in [0.29, 0.717) is 25.1 Å². The molecule has 19 heteroatoms. The van der Waals surface area contributed by atoms with Crippen molar-refractivity contribution in [2.45, 2.75) is 119 Å². The topological polar surface area (TPSA) is 104 Å². The summed E-state index contributed by atoms with van der Waals surface area (Å²) in [6.45, 7) is 38.0. The van der Waals surface area contributed by atoms with Crippen molar-refractivity contribution in [2.24, 2.45) is 0 Å². The first-order valence-corrected chi connectivity index (χ1v) is 24.2. The molecule has 3 aromatic carbocycles. The smallest absolute Gasteiger partial charge is 0.665 e. The molecule has 0 spiro atoms. The molecule has 0 atom stereocenters. The second kappa shape index (κ2) is 60.1. The number of unbranched alkanes of at least 4 members (excludes halogenated alkanes) is 3. The normalized spacial score (nSPS) is 12.0. The third-order valence-corrected chi connectivity index (χ3v) is 10.7. The summed E-state index contributed by atoms with van der Waals surface area (Å²) in [5.41, 5.74) is 10.7. The van der Waals surface area contributed by atoms with E-state index in [9.17, 15) is 9.59 Å². The van der Waals surface area contributed by atoms with Crippen molar-refractivity contribution in [1.29, 1.82) is 0 Å². The van der Waals surface area contributed by atoms with Crippen LogP contribution in [0.5, 0.6) is 0 Å². The largest absolute Gasteiger partial charge is 1.00 e. The Morgan fingerprint density at radius 3 is 1.65 bits per heavy atom. The second-order valence-electron chi connectivity index (χ2n) is 15.5. The van der Waals surface area contributed by atoms with Crippen LogP contribution in [0.15, 0.2) is 66.9 Å². The number of aromatic nitrogens is 2. The Kier molecular flexibility index (Phi) is 77.8. The first-order valence-electron chi connectivity index (χ1n) is 24.2. The summed E-state index contributed by atoms with van der Waals surface area (Å²) in [7, 11) is 5.51. The summed E-state index contributed by atoms with van der Waals surface area (Å²) < 4.78 is 2.06. The molecule has 0 N–H and O–H groups in total. The maximum atomic E-state index is 12.9. The summed E-state index contributed by atoms with van der Waals surface area (Å²) in [6, 6.07) is 18.4. The van der Waals surface area contributed by atoms with Crippen molar-refractivity contribution in [1.82, 2.24) is 24.3 Å². The number of carbonyl (C=O) groups excluding carboxylic acids is 2. The van der Waals surface area contributed by atoms with Gasteiger partial charge in [-0.05, 0) is 32.0 Å². The number of rotatable bonds is 15. The van der Waals surface area contributed by atoms with Gasteiger partial charge in [-0.2, -0.15) is 128 Å². The van der Waals surface area contributed by atoms with E-state index in [1.165, 1.54) is 22.3 Å². The monoisotopic (exact) mass is 1970 g/mol. The predicted octanol–water partition coefficient (Wildman–Crippen LogP) is 4.07. The van der Waals surface area contributed by atoms with Crippen molar-refractivity contribution in [3.05, 3.63) is 179 Å². The van der Waals surface area contributed by atoms with Gasteiger partial charge in [-0.15, -0.1) is 18.2 Å². The predicted molar refractivity (Wildman–Crippen MR) is 280 cm³/mol. The molecule has 4 aromatic rings. The van der Waals surface area contributed by atoms with E-state index in [2.05, 4.69) is 100 Å². The molecule has 7 rings (SSSR count). The molecule has 3 aliphatic rings. The maximum Gasteiger partial charge on any atom is 1.00 e. The van der Waals surface area contributed by atoms with Gasteiger partial charge in [-0.25, -0.2) is 18.1 Å².